The summed E-state index contributed by atoms with van der Waals surface area (Å²) in [6, 6.07) is 56.9. The summed E-state index contributed by atoms with van der Waals surface area (Å²) < 4.78 is 4.66. The average Bonchev–Trinajstić information content (AvgIpc) is 3.68. The Kier molecular flexibility index (Phi) is 5.81. The fraction of sp³-hybridized carbons (Fsp3) is 0. The molecule has 0 amide bonds. The zero-order chi connectivity index (χ0) is 31.6. The predicted molar refractivity (Wildman–Crippen MR) is 197 cm³/mol. The molecular weight excluding hydrogens is 587 g/mol. The Hall–Kier alpha value is -6.59. The lowest BCUT2D eigenvalue weighted by molar-refractivity contribution is 1.08. The maximum absolute atomic E-state index is 5.33. The first-order chi connectivity index (χ1) is 23.8. The second kappa shape index (κ2) is 10.5. The van der Waals surface area contributed by atoms with Crippen LogP contribution in [0.2, 0.25) is 0 Å². The number of benzene rings is 6. The summed E-state index contributed by atoms with van der Waals surface area (Å²) in [4.78, 5) is 15.6. The predicted octanol–water partition coefficient (Wildman–Crippen LogP) is 10.6. The van der Waals surface area contributed by atoms with Crippen LogP contribution in [-0.2, 0) is 0 Å². The van der Waals surface area contributed by atoms with E-state index in [1.807, 2.05) is 48.5 Å². The van der Waals surface area contributed by atoms with Crippen LogP contribution in [-0.4, -0.2) is 24.1 Å². The molecule has 0 aliphatic rings. The van der Waals surface area contributed by atoms with E-state index in [9.17, 15) is 0 Å². The molecule has 5 nitrogen and oxygen atoms in total. The molecule has 10 aromatic rings. The van der Waals surface area contributed by atoms with Crippen molar-refractivity contribution in [1.29, 1.82) is 0 Å². The van der Waals surface area contributed by atoms with Crippen molar-refractivity contribution in [2.24, 2.45) is 0 Å². The monoisotopic (exact) mass is 613 g/mol. The van der Waals surface area contributed by atoms with Crippen LogP contribution in [0.15, 0.2) is 164 Å². The second-order valence-electron chi connectivity index (χ2n) is 12.1. The highest BCUT2D eigenvalue weighted by atomic mass is 15.1. The number of nitrogens with zero attached hydrogens (tertiary/aromatic N) is 5. The molecule has 0 radical (unpaired) electrons. The van der Waals surface area contributed by atoms with Gasteiger partial charge < -0.3 is 4.57 Å². The smallest absolute Gasteiger partial charge is 0.138 e. The van der Waals surface area contributed by atoms with Crippen molar-refractivity contribution < 1.29 is 0 Å². The van der Waals surface area contributed by atoms with Crippen molar-refractivity contribution in [3.05, 3.63) is 164 Å². The van der Waals surface area contributed by atoms with E-state index in [-0.39, 0.29) is 0 Å². The molecule has 0 aliphatic carbocycles. The van der Waals surface area contributed by atoms with Gasteiger partial charge in [-0.05, 0) is 60.7 Å². The fourth-order valence-electron chi connectivity index (χ4n) is 7.28. The molecule has 0 unspecified atom stereocenters. The highest BCUT2D eigenvalue weighted by Crippen LogP contribution is 2.42. The lowest BCUT2D eigenvalue weighted by Crippen LogP contribution is -2.01. The maximum atomic E-state index is 5.33. The molecule has 0 saturated heterocycles. The zero-order valence-electron chi connectivity index (χ0n) is 25.8. The molecule has 4 heterocycles. The van der Waals surface area contributed by atoms with Gasteiger partial charge in [-0.15, -0.1) is 0 Å². The third kappa shape index (κ3) is 3.94. The summed E-state index contributed by atoms with van der Waals surface area (Å²) in [5, 5.41) is 4.88. The van der Waals surface area contributed by atoms with Gasteiger partial charge in [0, 0.05) is 32.8 Å². The molecule has 224 valence electrons. The van der Waals surface area contributed by atoms with Gasteiger partial charge in [0.25, 0.3) is 0 Å². The van der Waals surface area contributed by atoms with Crippen LogP contribution < -0.4 is 0 Å². The summed E-state index contributed by atoms with van der Waals surface area (Å²) in [5.41, 5.74) is 10.8. The highest BCUT2D eigenvalue weighted by Gasteiger charge is 2.21. The first-order valence-electron chi connectivity index (χ1n) is 16.1. The maximum Gasteiger partial charge on any atom is 0.138 e. The van der Waals surface area contributed by atoms with Crippen molar-refractivity contribution >= 4 is 54.6 Å². The van der Waals surface area contributed by atoms with E-state index < -0.39 is 0 Å². The van der Waals surface area contributed by atoms with Crippen LogP contribution in [0.5, 0.6) is 0 Å². The number of rotatable bonds is 4. The van der Waals surface area contributed by atoms with Gasteiger partial charge in [-0.2, -0.15) is 0 Å². The molecule has 0 spiro atoms. The summed E-state index contributed by atoms with van der Waals surface area (Å²) in [6.45, 7) is 0. The van der Waals surface area contributed by atoms with Crippen LogP contribution in [0.3, 0.4) is 0 Å². The van der Waals surface area contributed by atoms with Crippen molar-refractivity contribution in [1.82, 2.24) is 24.1 Å². The van der Waals surface area contributed by atoms with Gasteiger partial charge >= 0.3 is 0 Å². The minimum absolute atomic E-state index is 0.760. The van der Waals surface area contributed by atoms with Gasteiger partial charge in [0.1, 0.15) is 11.5 Å². The molecule has 0 atom stereocenters. The normalized spacial score (nSPS) is 11.8. The highest BCUT2D eigenvalue weighted by molar-refractivity contribution is 6.28. The van der Waals surface area contributed by atoms with E-state index in [2.05, 4.69) is 124 Å². The molecule has 6 aromatic carbocycles. The van der Waals surface area contributed by atoms with Crippen LogP contribution in [0, 0.1) is 0 Å². The van der Waals surface area contributed by atoms with Crippen molar-refractivity contribution in [3.8, 4) is 34.2 Å². The standard InChI is InChI=1S/C43H27N5/c1-3-14-28(15-4-1)42-43(46-33-21-10-9-20-32(33)45-42)34-22-13-25-39(44-34)48-36-24-12-8-19-31(36)41-38(48)27-26-37-40(41)30-18-7-11-23-35(30)47(37)29-16-5-2-6-17-29/h1-27H. The van der Waals surface area contributed by atoms with Crippen molar-refractivity contribution in [2.75, 3.05) is 0 Å². The lowest BCUT2D eigenvalue weighted by atomic mass is 10.1. The van der Waals surface area contributed by atoms with Gasteiger partial charge in [0.05, 0.1) is 44.5 Å². The Labute approximate surface area is 276 Å². The summed E-state index contributed by atoms with van der Waals surface area (Å²) in [7, 11) is 0. The van der Waals surface area contributed by atoms with Gasteiger partial charge in [-0.25, -0.2) is 15.0 Å². The third-order valence-corrected chi connectivity index (χ3v) is 9.31. The molecule has 4 aromatic heterocycles. The van der Waals surface area contributed by atoms with Gasteiger partial charge in [0.15, 0.2) is 0 Å². The summed E-state index contributed by atoms with van der Waals surface area (Å²) >= 11 is 0. The van der Waals surface area contributed by atoms with E-state index in [0.717, 1.165) is 56.2 Å². The molecule has 10 rings (SSSR count). The molecular formula is C43H27N5. The largest absolute Gasteiger partial charge is 0.309 e. The van der Waals surface area contributed by atoms with E-state index in [4.69, 9.17) is 15.0 Å². The minimum Gasteiger partial charge on any atom is -0.309 e. The second-order valence-corrected chi connectivity index (χ2v) is 12.1. The lowest BCUT2D eigenvalue weighted by Gasteiger charge is -2.12. The Morgan fingerprint density at radius 3 is 1.58 bits per heavy atom. The molecule has 0 fully saturated rings. The molecule has 0 bridgehead atoms. The average molecular weight is 614 g/mol. The number of fused-ring (bicyclic) bond motifs is 8. The van der Waals surface area contributed by atoms with Gasteiger partial charge in [-0.1, -0.05) is 103 Å². The molecule has 48 heavy (non-hydrogen) atoms. The number of aromatic nitrogens is 5. The Balaban J connectivity index is 1.26. The minimum atomic E-state index is 0.760. The number of hydrogen-bond donors (Lipinski definition) is 0. The van der Waals surface area contributed by atoms with E-state index in [1.165, 1.54) is 32.6 Å². The first-order valence-corrected chi connectivity index (χ1v) is 16.1. The number of hydrogen-bond acceptors (Lipinski definition) is 3. The SMILES string of the molecule is c1ccc(-c2nc3ccccc3nc2-c2cccc(-n3c4ccccc4c4c5c6ccccc6n(-c6ccccc6)c5ccc43)n2)cc1. The Morgan fingerprint density at radius 2 is 0.896 bits per heavy atom. The molecule has 0 saturated carbocycles. The Bertz CT molecular complexity index is 2830. The van der Waals surface area contributed by atoms with Crippen molar-refractivity contribution in [2.45, 2.75) is 0 Å². The molecule has 5 heteroatoms. The Morgan fingerprint density at radius 1 is 0.354 bits per heavy atom. The summed E-state index contributed by atoms with van der Waals surface area (Å²) in [6.07, 6.45) is 0. The van der Waals surface area contributed by atoms with E-state index in [0.29, 0.717) is 0 Å². The van der Waals surface area contributed by atoms with Crippen LogP contribution in [0.1, 0.15) is 0 Å². The first kappa shape index (κ1) is 26.6. The van der Waals surface area contributed by atoms with E-state index in [1.54, 1.807) is 0 Å². The number of pyridine rings is 1. The van der Waals surface area contributed by atoms with Crippen molar-refractivity contribution in [3.63, 3.8) is 0 Å². The van der Waals surface area contributed by atoms with Crippen LogP contribution in [0.4, 0.5) is 0 Å². The molecule has 0 N–H and O–H groups in total. The third-order valence-electron chi connectivity index (χ3n) is 9.31. The topological polar surface area (TPSA) is 48.5 Å². The van der Waals surface area contributed by atoms with Gasteiger partial charge in [-0.3, -0.25) is 4.57 Å². The van der Waals surface area contributed by atoms with Gasteiger partial charge in [0.2, 0.25) is 0 Å². The number of para-hydroxylation sites is 5. The van der Waals surface area contributed by atoms with E-state index >= 15 is 0 Å². The summed E-state index contributed by atoms with van der Waals surface area (Å²) in [5.74, 6) is 0.832. The van der Waals surface area contributed by atoms with Crippen LogP contribution in [0.25, 0.3) is 88.8 Å². The van der Waals surface area contributed by atoms with Crippen LogP contribution >= 0.6 is 0 Å². The fourth-order valence-corrected chi connectivity index (χ4v) is 7.28. The zero-order valence-corrected chi connectivity index (χ0v) is 25.8. The quantitative estimate of drug-likeness (QED) is 0.198. The molecule has 0 aliphatic heterocycles.